The van der Waals surface area contributed by atoms with E-state index in [9.17, 15) is 15.3 Å². The summed E-state index contributed by atoms with van der Waals surface area (Å²) in [5.41, 5.74) is 3.19. The highest BCUT2D eigenvalue weighted by atomic mass is 16.3. The second-order valence-electron chi connectivity index (χ2n) is 11.5. The van der Waals surface area contributed by atoms with Gasteiger partial charge in [-0.1, -0.05) is 70.4 Å². The van der Waals surface area contributed by atoms with Crippen molar-refractivity contribution >= 4 is 0 Å². The maximum atomic E-state index is 10.6. The molecule has 0 unspecified atom stereocenters. The monoisotopic (exact) mass is 444 g/mol. The normalized spacial score (nSPS) is 35.8. The van der Waals surface area contributed by atoms with Gasteiger partial charge < -0.3 is 15.3 Å². The van der Waals surface area contributed by atoms with Crippen LogP contribution >= 0.6 is 0 Å². The third kappa shape index (κ3) is 5.42. The highest BCUT2D eigenvalue weighted by Gasteiger charge is 2.50. The van der Waals surface area contributed by atoms with Crippen molar-refractivity contribution in [3.63, 3.8) is 0 Å². The van der Waals surface area contributed by atoms with Crippen molar-refractivity contribution in [1.29, 1.82) is 0 Å². The summed E-state index contributed by atoms with van der Waals surface area (Å²) in [5.74, 6) is 2.13. The number of aliphatic hydroxyl groups excluding tert-OH is 2. The molecule has 0 amide bonds. The fourth-order valence-corrected chi connectivity index (χ4v) is 7.20. The summed E-state index contributed by atoms with van der Waals surface area (Å²) in [6.07, 6.45) is 15.9. The molecule has 182 valence electrons. The van der Waals surface area contributed by atoms with Gasteiger partial charge in [0.2, 0.25) is 0 Å². The van der Waals surface area contributed by atoms with Gasteiger partial charge in [-0.25, -0.2) is 0 Å². The molecule has 3 fully saturated rings. The minimum atomic E-state index is -0.616. The zero-order chi connectivity index (χ0) is 23.5. The van der Waals surface area contributed by atoms with Crippen molar-refractivity contribution < 1.29 is 15.3 Å². The lowest BCUT2D eigenvalue weighted by atomic mass is 9.60. The number of hydrogen-bond acceptors (Lipinski definition) is 3. The van der Waals surface area contributed by atoms with Gasteiger partial charge in [0.05, 0.1) is 17.8 Å². The van der Waals surface area contributed by atoms with E-state index in [0.29, 0.717) is 35.7 Å². The van der Waals surface area contributed by atoms with E-state index in [1.807, 2.05) is 0 Å². The molecule has 0 aromatic rings. The molecule has 3 N–H and O–H groups in total. The summed E-state index contributed by atoms with van der Waals surface area (Å²) in [4.78, 5) is 0. The molecule has 3 aliphatic carbocycles. The van der Waals surface area contributed by atoms with Crippen molar-refractivity contribution in [3.05, 3.63) is 35.5 Å². The molecule has 0 bridgehead atoms. The lowest BCUT2D eigenvalue weighted by molar-refractivity contribution is 0.0178. The van der Waals surface area contributed by atoms with Crippen molar-refractivity contribution in [3.8, 4) is 0 Å². The molecule has 3 aliphatic rings. The molecular weight excluding hydrogens is 396 g/mol. The van der Waals surface area contributed by atoms with Crippen molar-refractivity contribution in [2.45, 2.75) is 123 Å². The Morgan fingerprint density at radius 2 is 1.78 bits per heavy atom. The molecule has 3 heteroatoms. The third-order valence-electron chi connectivity index (χ3n) is 9.64. The molecule has 0 aromatic heterocycles. The second-order valence-corrected chi connectivity index (χ2v) is 11.5. The fraction of sp³-hybridized carbons (Fsp3) is 0.793. The van der Waals surface area contributed by atoms with Crippen LogP contribution in [0.3, 0.4) is 0 Å². The Bertz CT molecular complexity index is 700. The average molecular weight is 445 g/mol. The van der Waals surface area contributed by atoms with Gasteiger partial charge in [0, 0.05) is 0 Å². The fourth-order valence-electron chi connectivity index (χ4n) is 7.20. The maximum absolute atomic E-state index is 10.6. The van der Waals surface area contributed by atoms with E-state index < -0.39 is 17.8 Å². The zero-order valence-electron chi connectivity index (χ0n) is 21.1. The Balaban J connectivity index is 1.65. The molecule has 3 rings (SSSR count). The number of rotatable bonds is 8. The molecule has 0 heterocycles. The number of aliphatic hydroxyl groups is 3. The highest BCUT2D eigenvalue weighted by Crippen LogP contribution is 2.60. The molecule has 0 radical (unpaired) electrons. The van der Waals surface area contributed by atoms with E-state index in [1.54, 1.807) is 5.57 Å². The molecule has 0 aliphatic heterocycles. The molecule has 32 heavy (non-hydrogen) atoms. The highest BCUT2D eigenvalue weighted by molar-refractivity contribution is 5.29. The van der Waals surface area contributed by atoms with E-state index in [0.717, 1.165) is 37.2 Å². The van der Waals surface area contributed by atoms with E-state index in [2.05, 4.69) is 46.4 Å². The largest absolute Gasteiger partial charge is 0.390 e. The van der Waals surface area contributed by atoms with Crippen molar-refractivity contribution in [2.24, 2.45) is 23.2 Å². The van der Waals surface area contributed by atoms with Crippen LogP contribution in [0.25, 0.3) is 0 Å². The molecule has 3 saturated carbocycles. The second kappa shape index (κ2) is 10.6. The molecule has 0 saturated heterocycles. The zero-order valence-corrected chi connectivity index (χ0v) is 21.1. The van der Waals surface area contributed by atoms with Gasteiger partial charge in [0.15, 0.2) is 0 Å². The Morgan fingerprint density at radius 1 is 1.12 bits per heavy atom. The third-order valence-corrected chi connectivity index (χ3v) is 9.64. The first-order chi connectivity index (χ1) is 15.1. The predicted octanol–water partition coefficient (Wildman–Crippen LogP) is 6.48. The number of allylic oxidation sites excluding steroid dienone is 3. The van der Waals surface area contributed by atoms with Gasteiger partial charge in [-0.15, -0.1) is 0 Å². The topological polar surface area (TPSA) is 60.7 Å². The van der Waals surface area contributed by atoms with Crippen LogP contribution in [0.15, 0.2) is 35.5 Å². The van der Waals surface area contributed by atoms with Crippen LogP contribution in [0.1, 0.15) is 105 Å². The molecular formula is C29H48O3. The summed E-state index contributed by atoms with van der Waals surface area (Å²) in [6.45, 7) is 13.0. The SMILES string of the molecule is C=C1[C@H](O)CC(=C/C=C2/CCC[C@]3(C)[C@@H]([C@@H](C)CCCC(O)(CC)CC)CC[C@@H]23)C[C@H]1O. The van der Waals surface area contributed by atoms with Gasteiger partial charge >= 0.3 is 0 Å². The van der Waals surface area contributed by atoms with Gasteiger partial charge in [-0.05, 0) is 93.0 Å². The summed E-state index contributed by atoms with van der Waals surface area (Å²) in [7, 11) is 0. The van der Waals surface area contributed by atoms with Crippen LogP contribution < -0.4 is 0 Å². The lowest BCUT2D eigenvalue weighted by Crippen LogP contribution is -2.36. The van der Waals surface area contributed by atoms with Crippen LogP contribution in [0.2, 0.25) is 0 Å². The van der Waals surface area contributed by atoms with E-state index in [1.165, 1.54) is 38.5 Å². The Kier molecular flexibility index (Phi) is 8.50. The first-order valence-electron chi connectivity index (χ1n) is 13.3. The quantitative estimate of drug-likeness (QED) is 0.375. The minimum absolute atomic E-state index is 0.383. The maximum Gasteiger partial charge on any atom is 0.0809 e. The first kappa shape index (κ1) is 25.7. The number of fused-ring (bicyclic) bond motifs is 1. The molecule has 6 atom stereocenters. The van der Waals surface area contributed by atoms with Gasteiger partial charge in [-0.2, -0.15) is 0 Å². The van der Waals surface area contributed by atoms with Crippen molar-refractivity contribution in [1.82, 2.24) is 0 Å². The van der Waals surface area contributed by atoms with Crippen molar-refractivity contribution in [2.75, 3.05) is 0 Å². The standard InChI is InChI=1S/C29H48O3/c1-6-29(32,7-2)17-8-10-20(3)24-14-15-25-23(11-9-16-28(24,25)5)13-12-22-18-26(30)21(4)27(31)19-22/h12-13,20,24-27,30-32H,4,6-11,14-19H2,1-3,5H3/b23-13-/t20-,24+,25-,26+,27+,28+/m0/s1. The Labute approximate surface area is 196 Å². The van der Waals surface area contributed by atoms with Gasteiger partial charge in [-0.3, -0.25) is 0 Å². The molecule has 3 nitrogen and oxygen atoms in total. The van der Waals surface area contributed by atoms with Gasteiger partial charge in [0.1, 0.15) is 0 Å². The van der Waals surface area contributed by atoms with E-state index in [-0.39, 0.29) is 0 Å². The summed E-state index contributed by atoms with van der Waals surface area (Å²) >= 11 is 0. The van der Waals surface area contributed by atoms with E-state index in [4.69, 9.17) is 0 Å². The average Bonchev–Trinajstić information content (AvgIpc) is 3.13. The van der Waals surface area contributed by atoms with E-state index >= 15 is 0 Å². The molecule has 0 spiro atoms. The summed E-state index contributed by atoms with van der Waals surface area (Å²) in [6, 6.07) is 0. The minimum Gasteiger partial charge on any atom is -0.390 e. The van der Waals surface area contributed by atoms with Gasteiger partial charge in [0.25, 0.3) is 0 Å². The van der Waals surface area contributed by atoms with Crippen LogP contribution in [0, 0.1) is 23.2 Å². The smallest absolute Gasteiger partial charge is 0.0809 e. The summed E-state index contributed by atoms with van der Waals surface area (Å²) in [5, 5.41) is 31.0. The van der Waals surface area contributed by atoms with Crippen LogP contribution in [0.4, 0.5) is 0 Å². The predicted molar refractivity (Wildman–Crippen MR) is 133 cm³/mol. The lowest BCUT2D eigenvalue weighted by Gasteiger charge is -2.44. The molecule has 0 aromatic carbocycles. The summed E-state index contributed by atoms with van der Waals surface area (Å²) < 4.78 is 0. The Hall–Kier alpha value is -0.900. The van der Waals surface area contributed by atoms with Crippen LogP contribution in [0.5, 0.6) is 0 Å². The van der Waals surface area contributed by atoms with Crippen LogP contribution in [-0.2, 0) is 0 Å². The Morgan fingerprint density at radius 3 is 2.41 bits per heavy atom. The first-order valence-corrected chi connectivity index (χ1v) is 13.3. The number of hydrogen-bond donors (Lipinski definition) is 3. The van der Waals surface area contributed by atoms with Crippen LogP contribution in [-0.4, -0.2) is 33.1 Å².